The van der Waals surface area contributed by atoms with Crippen LogP contribution in [-0.2, 0) is 22.7 Å². The molecule has 0 spiro atoms. The molecule has 7 heteroatoms. The number of nitrogens with one attached hydrogen (secondary N) is 1. The summed E-state index contributed by atoms with van der Waals surface area (Å²) in [6.07, 6.45) is 0. The van der Waals surface area contributed by atoms with Crippen LogP contribution in [0.1, 0.15) is 30.5 Å². The number of nitrogens with zero attached hydrogens (tertiary/aromatic N) is 1. The molecule has 0 heterocycles. The third-order valence-corrected chi connectivity index (χ3v) is 4.43. The number of hydrogen-bond acceptors (Lipinski definition) is 5. The second-order valence-corrected chi connectivity index (χ2v) is 6.66. The van der Waals surface area contributed by atoms with Gasteiger partial charge in [-0.2, -0.15) is 5.26 Å². The van der Waals surface area contributed by atoms with Crippen molar-refractivity contribution in [3.63, 3.8) is 0 Å². The fourth-order valence-electron chi connectivity index (χ4n) is 2.50. The summed E-state index contributed by atoms with van der Waals surface area (Å²) < 4.78 is 17.2. The number of ether oxygens (including phenoxy) is 3. The minimum atomic E-state index is -0.259. The highest BCUT2D eigenvalue weighted by molar-refractivity contribution is 9.10. The average molecular weight is 447 g/mol. The van der Waals surface area contributed by atoms with E-state index in [0.717, 1.165) is 11.1 Å². The van der Waals surface area contributed by atoms with E-state index in [-0.39, 0.29) is 12.5 Å². The van der Waals surface area contributed by atoms with Gasteiger partial charge in [0.25, 0.3) is 5.91 Å². The first-order chi connectivity index (χ1) is 13.6. The van der Waals surface area contributed by atoms with Crippen LogP contribution < -0.4 is 14.8 Å². The summed E-state index contributed by atoms with van der Waals surface area (Å²) in [5, 5.41) is 11.9. The minimum absolute atomic E-state index is 0.168. The van der Waals surface area contributed by atoms with Crippen LogP contribution in [0.25, 0.3) is 0 Å². The van der Waals surface area contributed by atoms with Crippen molar-refractivity contribution < 1.29 is 19.0 Å². The SMILES string of the molecule is CCOCc1ccccc1CNC(=O)COc1c(Br)cc(C#N)cc1OCC. The Kier molecular flexibility index (Phi) is 8.79. The average Bonchev–Trinajstić information content (AvgIpc) is 2.70. The van der Waals surface area contributed by atoms with Gasteiger partial charge in [-0.25, -0.2) is 0 Å². The van der Waals surface area contributed by atoms with Gasteiger partial charge < -0.3 is 19.5 Å². The Hall–Kier alpha value is -2.56. The molecular weight excluding hydrogens is 424 g/mol. The Morgan fingerprint density at radius 2 is 1.89 bits per heavy atom. The zero-order valence-electron chi connectivity index (χ0n) is 16.0. The van der Waals surface area contributed by atoms with Crippen LogP contribution in [-0.4, -0.2) is 25.7 Å². The maximum absolute atomic E-state index is 12.2. The van der Waals surface area contributed by atoms with E-state index in [0.29, 0.717) is 47.9 Å². The first kappa shape index (κ1) is 21.7. The molecule has 2 aromatic rings. The highest BCUT2D eigenvalue weighted by atomic mass is 79.9. The molecular formula is C21H23BrN2O4. The van der Waals surface area contributed by atoms with Crippen molar-refractivity contribution in [2.45, 2.75) is 27.0 Å². The Balaban J connectivity index is 1.97. The van der Waals surface area contributed by atoms with Crippen LogP contribution in [0, 0.1) is 11.3 Å². The second-order valence-electron chi connectivity index (χ2n) is 5.80. The number of benzene rings is 2. The van der Waals surface area contributed by atoms with Crippen molar-refractivity contribution in [2.75, 3.05) is 19.8 Å². The Morgan fingerprint density at radius 1 is 1.14 bits per heavy atom. The van der Waals surface area contributed by atoms with E-state index in [1.165, 1.54) is 0 Å². The maximum atomic E-state index is 12.2. The standard InChI is InChI=1S/C21H23BrN2O4/c1-3-26-13-17-8-6-5-7-16(17)12-24-20(25)14-28-21-18(22)9-15(11-23)10-19(21)27-4-2/h5-10H,3-4,12-14H2,1-2H3,(H,24,25). The molecule has 0 radical (unpaired) electrons. The third-order valence-electron chi connectivity index (χ3n) is 3.84. The number of halogens is 1. The summed E-state index contributed by atoms with van der Waals surface area (Å²) in [6, 6.07) is 13.1. The van der Waals surface area contributed by atoms with E-state index in [1.54, 1.807) is 12.1 Å². The van der Waals surface area contributed by atoms with Crippen molar-refractivity contribution in [1.29, 1.82) is 5.26 Å². The molecule has 28 heavy (non-hydrogen) atoms. The van der Waals surface area contributed by atoms with E-state index in [2.05, 4.69) is 27.3 Å². The molecule has 0 atom stereocenters. The Bertz CT molecular complexity index is 849. The lowest BCUT2D eigenvalue weighted by molar-refractivity contribution is -0.123. The Morgan fingerprint density at radius 3 is 2.57 bits per heavy atom. The lowest BCUT2D eigenvalue weighted by Crippen LogP contribution is -2.29. The lowest BCUT2D eigenvalue weighted by atomic mass is 10.1. The summed E-state index contributed by atoms with van der Waals surface area (Å²) in [7, 11) is 0. The van der Waals surface area contributed by atoms with Crippen molar-refractivity contribution in [1.82, 2.24) is 5.32 Å². The summed E-state index contributed by atoms with van der Waals surface area (Å²) in [5.41, 5.74) is 2.48. The molecule has 0 saturated heterocycles. The highest BCUT2D eigenvalue weighted by Crippen LogP contribution is 2.36. The molecule has 1 N–H and O–H groups in total. The van der Waals surface area contributed by atoms with Crippen LogP contribution in [0.2, 0.25) is 0 Å². The topological polar surface area (TPSA) is 80.6 Å². The minimum Gasteiger partial charge on any atom is -0.490 e. The predicted octanol–water partition coefficient (Wildman–Crippen LogP) is 3.95. The monoisotopic (exact) mass is 446 g/mol. The molecule has 0 aliphatic rings. The number of carbonyl (C=O) groups excluding carboxylic acids is 1. The number of amides is 1. The van der Waals surface area contributed by atoms with Gasteiger partial charge in [0.15, 0.2) is 18.1 Å². The van der Waals surface area contributed by atoms with Gasteiger partial charge in [-0.3, -0.25) is 4.79 Å². The van der Waals surface area contributed by atoms with Crippen molar-refractivity contribution in [2.24, 2.45) is 0 Å². The molecule has 6 nitrogen and oxygen atoms in total. The van der Waals surface area contributed by atoms with Gasteiger partial charge in [-0.15, -0.1) is 0 Å². The molecule has 2 rings (SSSR count). The molecule has 1 amide bonds. The van der Waals surface area contributed by atoms with Gasteiger partial charge in [0.1, 0.15) is 0 Å². The zero-order chi connectivity index (χ0) is 20.4. The van der Waals surface area contributed by atoms with Crippen LogP contribution in [0.15, 0.2) is 40.9 Å². The molecule has 0 aliphatic carbocycles. The summed E-state index contributed by atoms with van der Waals surface area (Å²) >= 11 is 3.37. The molecule has 0 aromatic heterocycles. The van der Waals surface area contributed by atoms with E-state index in [9.17, 15) is 4.79 Å². The van der Waals surface area contributed by atoms with E-state index in [4.69, 9.17) is 19.5 Å². The van der Waals surface area contributed by atoms with Gasteiger partial charge in [0.2, 0.25) is 0 Å². The molecule has 0 aliphatic heterocycles. The molecule has 2 aromatic carbocycles. The number of carbonyl (C=O) groups is 1. The maximum Gasteiger partial charge on any atom is 0.258 e. The molecule has 0 bridgehead atoms. The van der Waals surface area contributed by atoms with E-state index >= 15 is 0 Å². The number of hydrogen-bond donors (Lipinski definition) is 1. The van der Waals surface area contributed by atoms with Crippen molar-refractivity contribution >= 4 is 21.8 Å². The molecule has 0 fully saturated rings. The first-order valence-corrected chi connectivity index (χ1v) is 9.78. The number of rotatable bonds is 10. The molecule has 0 saturated carbocycles. The number of nitriles is 1. The van der Waals surface area contributed by atoms with Crippen LogP contribution in [0.5, 0.6) is 11.5 Å². The zero-order valence-corrected chi connectivity index (χ0v) is 17.5. The largest absolute Gasteiger partial charge is 0.490 e. The van der Waals surface area contributed by atoms with Gasteiger partial charge in [0.05, 0.1) is 29.3 Å². The molecule has 148 valence electrons. The smallest absolute Gasteiger partial charge is 0.258 e. The predicted molar refractivity (Wildman–Crippen MR) is 109 cm³/mol. The van der Waals surface area contributed by atoms with E-state index in [1.807, 2.05) is 38.1 Å². The van der Waals surface area contributed by atoms with Crippen LogP contribution in [0.3, 0.4) is 0 Å². The fraction of sp³-hybridized carbons (Fsp3) is 0.333. The van der Waals surface area contributed by atoms with Crippen LogP contribution in [0.4, 0.5) is 0 Å². The van der Waals surface area contributed by atoms with E-state index < -0.39 is 0 Å². The summed E-state index contributed by atoms with van der Waals surface area (Å²) in [4.78, 5) is 12.2. The third kappa shape index (κ3) is 6.25. The van der Waals surface area contributed by atoms with Crippen molar-refractivity contribution in [3.8, 4) is 17.6 Å². The van der Waals surface area contributed by atoms with Gasteiger partial charge in [-0.1, -0.05) is 24.3 Å². The van der Waals surface area contributed by atoms with Crippen LogP contribution >= 0.6 is 15.9 Å². The highest BCUT2D eigenvalue weighted by Gasteiger charge is 2.14. The molecule has 0 unspecified atom stereocenters. The Labute approximate surface area is 173 Å². The fourth-order valence-corrected chi connectivity index (χ4v) is 3.06. The first-order valence-electron chi connectivity index (χ1n) is 8.99. The van der Waals surface area contributed by atoms with Gasteiger partial charge in [-0.05, 0) is 47.0 Å². The van der Waals surface area contributed by atoms with Crippen molar-refractivity contribution in [3.05, 3.63) is 57.6 Å². The van der Waals surface area contributed by atoms with Gasteiger partial charge in [0, 0.05) is 19.2 Å². The van der Waals surface area contributed by atoms with Gasteiger partial charge >= 0.3 is 0 Å². The summed E-state index contributed by atoms with van der Waals surface area (Å²) in [5.74, 6) is 0.556. The second kappa shape index (κ2) is 11.3. The lowest BCUT2D eigenvalue weighted by Gasteiger charge is -2.14. The summed E-state index contributed by atoms with van der Waals surface area (Å²) in [6.45, 7) is 5.56. The quantitative estimate of drug-likeness (QED) is 0.597. The normalized spacial score (nSPS) is 10.2.